The van der Waals surface area contributed by atoms with Crippen molar-refractivity contribution >= 4 is 10.8 Å². The molecule has 0 atom stereocenters. The first-order valence-electron chi connectivity index (χ1n) is 7.48. The van der Waals surface area contributed by atoms with Crippen LogP contribution in [0.2, 0.25) is 0 Å². The summed E-state index contributed by atoms with van der Waals surface area (Å²) in [6.45, 7) is 13.9. The van der Waals surface area contributed by atoms with Gasteiger partial charge in [-0.2, -0.15) is 0 Å². The topological polar surface area (TPSA) is 0 Å². The van der Waals surface area contributed by atoms with Gasteiger partial charge in [0.2, 0.25) is 0 Å². The van der Waals surface area contributed by atoms with Gasteiger partial charge in [0.25, 0.3) is 0 Å². The minimum absolute atomic E-state index is 0.570. The van der Waals surface area contributed by atoms with Crippen LogP contribution in [-0.2, 0) is 0 Å². The Kier molecular flexibility index (Phi) is 3.99. The molecule has 102 valence electrons. The van der Waals surface area contributed by atoms with Crippen molar-refractivity contribution in [3.05, 3.63) is 47.0 Å². The van der Waals surface area contributed by atoms with E-state index >= 15 is 0 Å². The smallest absolute Gasteiger partial charge is 0.0146 e. The van der Waals surface area contributed by atoms with E-state index in [0.29, 0.717) is 17.8 Å². The summed E-state index contributed by atoms with van der Waals surface area (Å²) >= 11 is 0. The minimum atomic E-state index is 0.570. The number of rotatable bonds is 3. The van der Waals surface area contributed by atoms with Crippen LogP contribution >= 0.6 is 0 Å². The van der Waals surface area contributed by atoms with E-state index in [2.05, 4.69) is 71.9 Å². The number of benzene rings is 2. The predicted octanol–water partition coefficient (Wildman–Crippen LogP) is 6.21. The molecule has 0 heteroatoms. The summed E-state index contributed by atoms with van der Waals surface area (Å²) in [5.74, 6) is 1.74. The standard InChI is InChI=1S/C19H26/c1-12(2)17-11-15-9-7-8-10-16(15)18(13(3)4)19(17)14(5)6/h7-14H,1-6H3. The van der Waals surface area contributed by atoms with Gasteiger partial charge in [0, 0.05) is 0 Å². The Balaban J connectivity index is 2.91. The van der Waals surface area contributed by atoms with E-state index in [0.717, 1.165) is 0 Å². The van der Waals surface area contributed by atoms with Crippen LogP contribution in [0.1, 0.15) is 76.0 Å². The minimum Gasteiger partial charge on any atom is -0.0616 e. The molecule has 0 saturated heterocycles. The van der Waals surface area contributed by atoms with E-state index in [1.807, 2.05) is 0 Å². The Hall–Kier alpha value is -1.30. The monoisotopic (exact) mass is 254 g/mol. The summed E-state index contributed by atoms with van der Waals surface area (Å²) in [5.41, 5.74) is 4.65. The molecule has 0 fully saturated rings. The van der Waals surface area contributed by atoms with Crippen LogP contribution in [0, 0.1) is 0 Å². The molecule has 0 amide bonds. The van der Waals surface area contributed by atoms with Crippen molar-refractivity contribution in [1.29, 1.82) is 0 Å². The van der Waals surface area contributed by atoms with E-state index in [4.69, 9.17) is 0 Å². The lowest BCUT2D eigenvalue weighted by atomic mass is 9.80. The second kappa shape index (κ2) is 5.36. The molecule has 0 aliphatic rings. The SMILES string of the molecule is CC(C)c1cc2ccccc2c(C(C)C)c1C(C)C. The van der Waals surface area contributed by atoms with Gasteiger partial charge >= 0.3 is 0 Å². The molecule has 0 bridgehead atoms. The number of fused-ring (bicyclic) bond motifs is 1. The van der Waals surface area contributed by atoms with E-state index in [1.165, 1.54) is 16.3 Å². The van der Waals surface area contributed by atoms with E-state index in [9.17, 15) is 0 Å². The van der Waals surface area contributed by atoms with E-state index in [-0.39, 0.29) is 0 Å². The van der Waals surface area contributed by atoms with Gasteiger partial charge < -0.3 is 0 Å². The highest BCUT2D eigenvalue weighted by Gasteiger charge is 2.19. The summed E-state index contributed by atoms with van der Waals surface area (Å²) in [4.78, 5) is 0. The fourth-order valence-electron chi connectivity index (χ4n) is 3.16. The zero-order chi connectivity index (χ0) is 14.2. The van der Waals surface area contributed by atoms with Gasteiger partial charge in [0.05, 0.1) is 0 Å². The second-order valence-corrected chi connectivity index (χ2v) is 6.48. The molecule has 0 unspecified atom stereocenters. The van der Waals surface area contributed by atoms with Gasteiger partial charge in [0.1, 0.15) is 0 Å². The Morgan fingerprint density at radius 1 is 0.684 bits per heavy atom. The average Bonchev–Trinajstić information content (AvgIpc) is 2.35. The van der Waals surface area contributed by atoms with Crippen molar-refractivity contribution in [2.45, 2.75) is 59.3 Å². The molecule has 0 heterocycles. The van der Waals surface area contributed by atoms with Crippen LogP contribution in [0.5, 0.6) is 0 Å². The molecule has 0 aliphatic carbocycles. The Labute approximate surface area is 117 Å². The quantitative estimate of drug-likeness (QED) is 0.611. The van der Waals surface area contributed by atoms with Gasteiger partial charge in [-0.3, -0.25) is 0 Å². The predicted molar refractivity (Wildman–Crippen MR) is 86.2 cm³/mol. The largest absolute Gasteiger partial charge is 0.0616 e. The Bertz CT molecular complexity index is 574. The van der Waals surface area contributed by atoms with Crippen molar-refractivity contribution in [2.75, 3.05) is 0 Å². The van der Waals surface area contributed by atoms with Crippen LogP contribution < -0.4 is 0 Å². The fourth-order valence-corrected chi connectivity index (χ4v) is 3.16. The van der Waals surface area contributed by atoms with Gasteiger partial charge in [-0.05, 0) is 45.2 Å². The molecule has 0 saturated carbocycles. The second-order valence-electron chi connectivity index (χ2n) is 6.48. The Morgan fingerprint density at radius 3 is 1.79 bits per heavy atom. The molecule has 2 aromatic rings. The van der Waals surface area contributed by atoms with Crippen molar-refractivity contribution in [3.63, 3.8) is 0 Å². The van der Waals surface area contributed by atoms with Gasteiger partial charge in [0.15, 0.2) is 0 Å². The molecule has 0 N–H and O–H groups in total. The maximum Gasteiger partial charge on any atom is -0.0146 e. The van der Waals surface area contributed by atoms with Gasteiger partial charge in [-0.1, -0.05) is 71.9 Å². The maximum atomic E-state index is 2.40. The lowest BCUT2D eigenvalue weighted by Gasteiger charge is -2.24. The molecular weight excluding hydrogens is 228 g/mol. The number of hydrogen-bond donors (Lipinski definition) is 0. The van der Waals surface area contributed by atoms with Crippen molar-refractivity contribution in [2.24, 2.45) is 0 Å². The molecule has 19 heavy (non-hydrogen) atoms. The highest BCUT2D eigenvalue weighted by atomic mass is 14.2. The van der Waals surface area contributed by atoms with E-state index < -0.39 is 0 Å². The third-order valence-corrected chi connectivity index (χ3v) is 3.94. The summed E-state index contributed by atoms with van der Waals surface area (Å²) in [6.07, 6.45) is 0. The summed E-state index contributed by atoms with van der Waals surface area (Å²) in [5, 5.41) is 2.82. The highest BCUT2D eigenvalue weighted by molar-refractivity contribution is 5.88. The molecule has 0 nitrogen and oxygen atoms in total. The van der Waals surface area contributed by atoms with Crippen molar-refractivity contribution in [1.82, 2.24) is 0 Å². The van der Waals surface area contributed by atoms with Crippen LogP contribution in [-0.4, -0.2) is 0 Å². The lowest BCUT2D eigenvalue weighted by Crippen LogP contribution is -2.06. The Morgan fingerprint density at radius 2 is 1.26 bits per heavy atom. The summed E-state index contributed by atoms with van der Waals surface area (Å²) in [6, 6.07) is 11.2. The maximum absolute atomic E-state index is 2.40. The van der Waals surface area contributed by atoms with E-state index in [1.54, 1.807) is 11.1 Å². The average molecular weight is 254 g/mol. The molecule has 0 aromatic heterocycles. The third kappa shape index (κ3) is 2.54. The summed E-state index contributed by atoms with van der Waals surface area (Å²) in [7, 11) is 0. The van der Waals surface area contributed by atoms with Crippen LogP contribution in [0.4, 0.5) is 0 Å². The van der Waals surface area contributed by atoms with Gasteiger partial charge in [-0.15, -0.1) is 0 Å². The normalized spacial score (nSPS) is 12.1. The van der Waals surface area contributed by atoms with Crippen LogP contribution in [0.15, 0.2) is 30.3 Å². The zero-order valence-electron chi connectivity index (χ0n) is 13.1. The third-order valence-electron chi connectivity index (χ3n) is 3.94. The van der Waals surface area contributed by atoms with Crippen LogP contribution in [0.3, 0.4) is 0 Å². The first kappa shape index (κ1) is 14.1. The van der Waals surface area contributed by atoms with Crippen LogP contribution in [0.25, 0.3) is 10.8 Å². The highest BCUT2D eigenvalue weighted by Crippen LogP contribution is 2.38. The van der Waals surface area contributed by atoms with Gasteiger partial charge in [-0.25, -0.2) is 0 Å². The summed E-state index contributed by atoms with van der Waals surface area (Å²) < 4.78 is 0. The molecular formula is C19H26. The zero-order valence-corrected chi connectivity index (χ0v) is 13.1. The van der Waals surface area contributed by atoms with Crippen molar-refractivity contribution < 1.29 is 0 Å². The molecule has 0 aliphatic heterocycles. The van der Waals surface area contributed by atoms with Crippen molar-refractivity contribution in [3.8, 4) is 0 Å². The lowest BCUT2D eigenvalue weighted by molar-refractivity contribution is 0.755. The number of hydrogen-bond acceptors (Lipinski definition) is 0. The molecule has 0 radical (unpaired) electrons. The fraction of sp³-hybridized carbons (Fsp3) is 0.474. The first-order chi connectivity index (χ1) is 8.93. The molecule has 2 aromatic carbocycles. The first-order valence-corrected chi connectivity index (χ1v) is 7.48. The molecule has 0 spiro atoms. The molecule has 2 rings (SSSR count).